The molecule has 4 heterocycles. The van der Waals surface area contributed by atoms with E-state index < -0.39 is 0 Å². The highest BCUT2D eigenvalue weighted by molar-refractivity contribution is 7.16. The van der Waals surface area contributed by atoms with Crippen LogP contribution in [0.4, 0.5) is 5.82 Å². The summed E-state index contributed by atoms with van der Waals surface area (Å²) in [7, 11) is 0. The van der Waals surface area contributed by atoms with Crippen LogP contribution in [0, 0.1) is 18.8 Å². The van der Waals surface area contributed by atoms with Crippen molar-refractivity contribution >= 4 is 22.8 Å². The SMILES string of the molecule is Cc1ccc2nc(-c3ccc(C#Cc4ccccn4)s3)c(NC(C)(C)C)n2c1. The number of hydrogen-bond donors (Lipinski definition) is 1. The molecule has 5 heteroatoms. The molecule has 0 radical (unpaired) electrons. The number of nitrogens with one attached hydrogen (secondary N) is 1. The molecular weight excluding hydrogens is 364 g/mol. The van der Waals surface area contributed by atoms with Gasteiger partial charge in [-0.15, -0.1) is 11.3 Å². The Morgan fingerprint density at radius 2 is 1.89 bits per heavy atom. The van der Waals surface area contributed by atoms with Crippen molar-refractivity contribution < 1.29 is 0 Å². The lowest BCUT2D eigenvalue weighted by Gasteiger charge is -2.22. The molecule has 0 spiro atoms. The van der Waals surface area contributed by atoms with Gasteiger partial charge in [0.1, 0.15) is 22.9 Å². The Kier molecular flexibility index (Phi) is 4.66. The Morgan fingerprint density at radius 3 is 2.64 bits per heavy atom. The number of anilines is 1. The van der Waals surface area contributed by atoms with E-state index in [0.717, 1.165) is 32.6 Å². The molecule has 0 aliphatic heterocycles. The van der Waals surface area contributed by atoms with Gasteiger partial charge in [-0.3, -0.25) is 4.40 Å². The summed E-state index contributed by atoms with van der Waals surface area (Å²) < 4.78 is 2.13. The molecule has 1 N–H and O–H groups in total. The van der Waals surface area contributed by atoms with Gasteiger partial charge in [0.2, 0.25) is 0 Å². The molecule has 0 amide bonds. The van der Waals surface area contributed by atoms with Crippen LogP contribution < -0.4 is 5.32 Å². The van der Waals surface area contributed by atoms with Gasteiger partial charge in [-0.05, 0) is 75.4 Å². The molecule has 4 nitrogen and oxygen atoms in total. The number of hydrogen-bond acceptors (Lipinski definition) is 4. The molecule has 0 aliphatic carbocycles. The van der Waals surface area contributed by atoms with Gasteiger partial charge in [-0.2, -0.15) is 0 Å². The minimum atomic E-state index is -0.0761. The van der Waals surface area contributed by atoms with Crippen LogP contribution in [-0.2, 0) is 0 Å². The van der Waals surface area contributed by atoms with Crippen LogP contribution in [0.15, 0.2) is 54.9 Å². The monoisotopic (exact) mass is 386 g/mol. The van der Waals surface area contributed by atoms with E-state index in [1.807, 2.05) is 24.3 Å². The first-order chi connectivity index (χ1) is 13.4. The van der Waals surface area contributed by atoms with Crippen LogP contribution in [0.5, 0.6) is 0 Å². The molecule has 28 heavy (non-hydrogen) atoms. The molecule has 0 saturated heterocycles. The van der Waals surface area contributed by atoms with Crippen LogP contribution in [0.1, 0.15) is 36.9 Å². The molecule has 4 aromatic rings. The van der Waals surface area contributed by atoms with Crippen molar-refractivity contribution in [2.24, 2.45) is 0 Å². The van der Waals surface area contributed by atoms with E-state index >= 15 is 0 Å². The van der Waals surface area contributed by atoms with Gasteiger partial charge in [-0.1, -0.05) is 12.1 Å². The Morgan fingerprint density at radius 1 is 1.04 bits per heavy atom. The van der Waals surface area contributed by atoms with Crippen molar-refractivity contribution in [3.05, 3.63) is 71.0 Å². The first kappa shape index (κ1) is 18.3. The fraction of sp³-hybridized carbons (Fsp3) is 0.217. The second kappa shape index (κ2) is 7.14. The van der Waals surface area contributed by atoms with Crippen LogP contribution >= 0.6 is 11.3 Å². The third-order valence-corrected chi connectivity index (χ3v) is 5.09. The standard InChI is InChI=1S/C23H22N4S/c1-16-8-13-20-25-21(22(27(20)15-16)26-23(2,3)4)19-12-11-18(28-19)10-9-17-7-5-6-14-24-17/h5-8,11-15,26H,1-4H3. The average molecular weight is 387 g/mol. The molecule has 0 fully saturated rings. The topological polar surface area (TPSA) is 42.2 Å². The maximum absolute atomic E-state index is 4.89. The number of fused-ring (bicyclic) bond motifs is 1. The van der Waals surface area contributed by atoms with Gasteiger partial charge in [-0.25, -0.2) is 9.97 Å². The van der Waals surface area contributed by atoms with Crippen molar-refractivity contribution in [1.82, 2.24) is 14.4 Å². The average Bonchev–Trinajstić information content (AvgIpc) is 3.25. The van der Waals surface area contributed by atoms with Crippen molar-refractivity contribution in [3.8, 4) is 22.4 Å². The first-order valence-electron chi connectivity index (χ1n) is 9.19. The van der Waals surface area contributed by atoms with Gasteiger partial charge in [0.05, 0.1) is 9.75 Å². The normalized spacial score (nSPS) is 11.3. The van der Waals surface area contributed by atoms with Crippen molar-refractivity contribution in [3.63, 3.8) is 0 Å². The highest BCUT2D eigenvalue weighted by Gasteiger charge is 2.20. The second-order valence-corrected chi connectivity index (χ2v) is 8.83. The fourth-order valence-corrected chi connectivity index (χ4v) is 3.74. The number of pyridine rings is 2. The molecule has 0 saturated carbocycles. The molecule has 4 rings (SSSR count). The Balaban J connectivity index is 1.76. The predicted octanol–water partition coefficient (Wildman–Crippen LogP) is 5.38. The number of rotatable bonds is 2. The quantitative estimate of drug-likeness (QED) is 0.471. The number of thiophene rings is 1. The minimum Gasteiger partial charge on any atom is -0.365 e. The molecule has 0 atom stereocenters. The van der Waals surface area contributed by atoms with Gasteiger partial charge in [0, 0.05) is 17.9 Å². The van der Waals surface area contributed by atoms with Gasteiger partial charge in [0.25, 0.3) is 0 Å². The summed E-state index contributed by atoms with van der Waals surface area (Å²) in [5.74, 6) is 7.34. The lowest BCUT2D eigenvalue weighted by molar-refractivity contribution is 0.629. The maximum atomic E-state index is 4.89. The smallest absolute Gasteiger partial charge is 0.140 e. The van der Waals surface area contributed by atoms with E-state index in [9.17, 15) is 0 Å². The van der Waals surface area contributed by atoms with Crippen LogP contribution in [0.2, 0.25) is 0 Å². The lowest BCUT2D eigenvalue weighted by atomic mass is 10.1. The summed E-state index contributed by atoms with van der Waals surface area (Å²) in [6.07, 6.45) is 3.88. The van der Waals surface area contributed by atoms with Crippen LogP contribution in [0.25, 0.3) is 16.2 Å². The zero-order valence-electron chi connectivity index (χ0n) is 16.4. The number of aryl methyl sites for hydroxylation is 1. The van der Waals surface area contributed by atoms with Gasteiger partial charge >= 0.3 is 0 Å². The molecule has 0 bridgehead atoms. The van der Waals surface area contributed by atoms with E-state index in [1.54, 1.807) is 17.5 Å². The summed E-state index contributed by atoms with van der Waals surface area (Å²) in [4.78, 5) is 11.2. The largest absolute Gasteiger partial charge is 0.365 e. The van der Waals surface area contributed by atoms with E-state index in [2.05, 4.69) is 78.6 Å². The van der Waals surface area contributed by atoms with Gasteiger partial charge < -0.3 is 5.32 Å². The highest BCUT2D eigenvalue weighted by Crippen LogP contribution is 2.35. The third kappa shape index (κ3) is 3.92. The molecule has 140 valence electrons. The van der Waals surface area contributed by atoms with Crippen LogP contribution in [-0.4, -0.2) is 19.9 Å². The maximum Gasteiger partial charge on any atom is 0.140 e. The summed E-state index contributed by atoms with van der Waals surface area (Å²) in [6, 6.07) is 14.0. The van der Waals surface area contributed by atoms with Crippen molar-refractivity contribution in [1.29, 1.82) is 0 Å². The third-order valence-electron chi connectivity index (χ3n) is 4.08. The zero-order chi connectivity index (χ0) is 19.7. The number of aromatic nitrogens is 3. The second-order valence-electron chi connectivity index (χ2n) is 7.75. The van der Waals surface area contributed by atoms with Crippen molar-refractivity contribution in [2.75, 3.05) is 5.32 Å². The number of nitrogens with zero attached hydrogens (tertiary/aromatic N) is 3. The van der Waals surface area contributed by atoms with Crippen LogP contribution in [0.3, 0.4) is 0 Å². The van der Waals surface area contributed by atoms with E-state index in [4.69, 9.17) is 4.98 Å². The summed E-state index contributed by atoms with van der Waals surface area (Å²) >= 11 is 1.65. The highest BCUT2D eigenvalue weighted by atomic mass is 32.1. The first-order valence-corrected chi connectivity index (χ1v) is 10.0. The summed E-state index contributed by atoms with van der Waals surface area (Å²) in [5.41, 5.74) is 3.78. The summed E-state index contributed by atoms with van der Waals surface area (Å²) in [5, 5.41) is 3.63. The molecule has 0 aliphatic rings. The zero-order valence-corrected chi connectivity index (χ0v) is 17.3. The number of imidazole rings is 1. The molecule has 0 aromatic carbocycles. The molecule has 0 unspecified atom stereocenters. The van der Waals surface area contributed by atoms with E-state index in [1.165, 1.54) is 5.56 Å². The molecule has 4 aromatic heterocycles. The van der Waals surface area contributed by atoms with Gasteiger partial charge in [0.15, 0.2) is 0 Å². The predicted molar refractivity (Wildman–Crippen MR) is 117 cm³/mol. The van der Waals surface area contributed by atoms with E-state index in [-0.39, 0.29) is 5.54 Å². The summed E-state index contributed by atoms with van der Waals surface area (Å²) in [6.45, 7) is 8.56. The lowest BCUT2D eigenvalue weighted by Crippen LogP contribution is -2.27. The Labute approximate surface area is 169 Å². The Bertz CT molecular complexity index is 1180. The van der Waals surface area contributed by atoms with E-state index in [0.29, 0.717) is 0 Å². The fourth-order valence-electron chi connectivity index (χ4n) is 2.89. The van der Waals surface area contributed by atoms with Crippen molar-refractivity contribution in [2.45, 2.75) is 33.2 Å². The minimum absolute atomic E-state index is 0.0761. The molecular formula is C23H22N4S. The Hall–Kier alpha value is -3.10.